The highest BCUT2D eigenvalue weighted by molar-refractivity contribution is 7.92. The Bertz CT molecular complexity index is 2010. The summed E-state index contributed by atoms with van der Waals surface area (Å²) < 4.78 is 30.8. The van der Waals surface area contributed by atoms with Crippen molar-refractivity contribution < 1.29 is 13.2 Å². The van der Waals surface area contributed by atoms with E-state index in [9.17, 15) is 13.2 Å². The number of nitrogens with zero attached hydrogens (tertiary/aromatic N) is 3. The van der Waals surface area contributed by atoms with Crippen LogP contribution in [0.3, 0.4) is 0 Å². The lowest BCUT2D eigenvalue weighted by Gasteiger charge is -2.26. The van der Waals surface area contributed by atoms with Crippen LogP contribution in [0.2, 0.25) is 15.1 Å². The fraction of sp³-hybridized carbons (Fsp3) is 0.118. The van der Waals surface area contributed by atoms with Crippen LogP contribution in [0.5, 0.6) is 0 Å². The molecule has 0 unspecified atom stereocenters. The number of hydrogen-bond donors (Lipinski definition) is 1. The third-order valence-electron chi connectivity index (χ3n) is 7.30. The van der Waals surface area contributed by atoms with Gasteiger partial charge in [0.05, 0.1) is 34.1 Å². The minimum atomic E-state index is -3.92. The third kappa shape index (κ3) is 7.10. The van der Waals surface area contributed by atoms with Crippen molar-refractivity contribution in [2.45, 2.75) is 32.2 Å². The van der Waals surface area contributed by atoms with Crippen LogP contribution in [-0.2, 0) is 16.6 Å². The second-order valence-electron chi connectivity index (χ2n) is 10.4. The van der Waals surface area contributed by atoms with Gasteiger partial charge in [0.1, 0.15) is 0 Å². The molecule has 1 amide bonds. The van der Waals surface area contributed by atoms with Gasteiger partial charge in [-0.25, -0.2) is 13.8 Å². The molecule has 0 saturated carbocycles. The Balaban J connectivity index is 1.33. The van der Waals surface area contributed by atoms with Crippen LogP contribution in [0.1, 0.15) is 38.4 Å². The van der Waals surface area contributed by atoms with Crippen LogP contribution in [0.4, 0.5) is 5.69 Å². The van der Waals surface area contributed by atoms with E-state index in [1.165, 1.54) is 4.31 Å². The monoisotopic (exact) mass is 678 g/mol. The van der Waals surface area contributed by atoms with E-state index in [2.05, 4.69) is 10.5 Å². The first-order valence-electron chi connectivity index (χ1n) is 13.9. The molecule has 1 heterocycles. The van der Waals surface area contributed by atoms with Gasteiger partial charge in [-0.15, -0.1) is 0 Å². The predicted molar refractivity (Wildman–Crippen MR) is 183 cm³/mol. The topological polar surface area (TPSA) is 83.8 Å². The SMILES string of the molecule is Cc1ccc(Cl)cc1N(Cc1ccc(C(=O)N/N=C/c2cc(C)n(-c3cc(Cl)ccc3Cl)c2C)cc1)S(=O)(=O)c1ccccc1. The lowest BCUT2D eigenvalue weighted by Crippen LogP contribution is -2.31. The average molecular weight is 680 g/mol. The first-order chi connectivity index (χ1) is 21.5. The smallest absolute Gasteiger partial charge is 0.271 e. The predicted octanol–water partition coefficient (Wildman–Crippen LogP) is 8.52. The second-order valence-corrected chi connectivity index (χ2v) is 13.6. The highest BCUT2D eigenvalue weighted by Crippen LogP contribution is 2.32. The van der Waals surface area contributed by atoms with Gasteiger partial charge in [-0.1, -0.05) is 71.2 Å². The molecule has 1 aromatic heterocycles. The van der Waals surface area contributed by atoms with Crippen molar-refractivity contribution in [1.82, 2.24) is 9.99 Å². The van der Waals surface area contributed by atoms with Gasteiger partial charge in [-0.2, -0.15) is 5.10 Å². The molecule has 45 heavy (non-hydrogen) atoms. The molecule has 0 aliphatic heterocycles. The van der Waals surface area contributed by atoms with Crippen LogP contribution in [0, 0.1) is 20.8 Å². The highest BCUT2D eigenvalue weighted by atomic mass is 35.5. The molecule has 0 aliphatic carbocycles. The second kappa shape index (κ2) is 13.5. The van der Waals surface area contributed by atoms with Crippen LogP contribution in [0.15, 0.2) is 107 Å². The van der Waals surface area contributed by atoms with E-state index >= 15 is 0 Å². The molecule has 4 aromatic carbocycles. The van der Waals surface area contributed by atoms with Gasteiger partial charge in [-0.3, -0.25) is 9.10 Å². The number of carbonyl (C=O) groups is 1. The van der Waals surface area contributed by atoms with Crippen molar-refractivity contribution in [1.29, 1.82) is 0 Å². The van der Waals surface area contributed by atoms with Gasteiger partial charge in [0, 0.05) is 32.6 Å². The zero-order valence-electron chi connectivity index (χ0n) is 24.6. The van der Waals surface area contributed by atoms with Crippen molar-refractivity contribution in [3.63, 3.8) is 0 Å². The molecule has 1 N–H and O–H groups in total. The maximum atomic E-state index is 13.8. The van der Waals surface area contributed by atoms with E-state index in [1.54, 1.807) is 97.2 Å². The van der Waals surface area contributed by atoms with Gasteiger partial charge >= 0.3 is 0 Å². The van der Waals surface area contributed by atoms with Gasteiger partial charge in [0.25, 0.3) is 15.9 Å². The summed E-state index contributed by atoms with van der Waals surface area (Å²) in [6.07, 6.45) is 1.57. The summed E-state index contributed by atoms with van der Waals surface area (Å²) in [5.41, 5.74) is 8.19. The zero-order valence-corrected chi connectivity index (χ0v) is 27.7. The number of nitrogens with one attached hydrogen (secondary N) is 1. The lowest BCUT2D eigenvalue weighted by atomic mass is 10.1. The maximum Gasteiger partial charge on any atom is 0.271 e. The summed E-state index contributed by atoms with van der Waals surface area (Å²) in [5.74, 6) is -0.413. The summed E-state index contributed by atoms with van der Waals surface area (Å²) in [6, 6.07) is 27.3. The van der Waals surface area contributed by atoms with E-state index in [0.717, 1.165) is 28.2 Å². The fourth-order valence-corrected chi connectivity index (χ4v) is 7.03. The Hall–Kier alpha value is -4.08. The lowest BCUT2D eigenvalue weighted by molar-refractivity contribution is 0.0955. The highest BCUT2D eigenvalue weighted by Gasteiger charge is 2.26. The van der Waals surface area contributed by atoms with Crippen molar-refractivity contribution in [2.24, 2.45) is 5.10 Å². The van der Waals surface area contributed by atoms with Crippen LogP contribution in [-0.4, -0.2) is 25.1 Å². The molecule has 0 atom stereocenters. The first-order valence-corrected chi connectivity index (χ1v) is 16.4. The summed E-state index contributed by atoms with van der Waals surface area (Å²) in [4.78, 5) is 13.1. The van der Waals surface area contributed by atoms with Crippen molar-refractivity contribution in [3.05, 3.63) is 146 Å². The molecule has 0 aliphatic rings. The van der Waals surface area contributed by atoms with Crippen LogP contribution < -0.4 is 9.73 Å². The standard InChI is InChI=1S/C34H29Cl3N4O3S/c1-22-9-14-28(35)18-32(22)40(45(43,44)30-7-5-4-6-8-30)21-25-10-12-26(13-11-25)34(42)39-38-20-27-17-23(2)41(24(27)3)33-19-29(36)15-16-31(33)37/h4-20H,21H2,1-3H3,(H,39,42)/b38-20+. The Kier molecular flexibility index (Phi) is 9.70. The van der Waals surface area contributed by atoms with Crippen molar-refractivity contribution >= 4 is 62.6 Å². The molecule has 0 spiro atoms. The molecular weight excluding hydrogens is 651 g/mol. The van der Waals surface area contributed by atoms with Crippen molar-refractivity contribution in [2.75, 3.05) is 4.31 Å². The number of rotatable bonds is 9. The Morgan fingerprint density at radius 1 is 0.867 bits per heavy atom. The molecule has 230 valence electrons. The van der Waals surface area contributed by atoms with Crippen LogP contribution >= 0.6 is 34.8 Å². The number of anilines is 1. The number of aromatic nitrogens is 1. The first kappa shape index (κ1) is 32.3. The number of hydrogen-bond acceptors (Lipinski definition) is 4. The van der Waals surface area contributed by atoms with E-state index in [1.807, 2.05) is 31.4 Å². The minimum absolute atomic E-state index is 0.0325. The van der Waals surface area contributed by atoms with Gasteiger partial charge in [-0.05, 0) is 92.6 Å². The molecule has 0 bridgehead atoms. The average Bonchev–Trinajstić information content (AvgIpc) is 3.31. The Morgan fingerprint density at radius 3 is 2.24 bits per heavy atom. The molecular formula is C34H29Cl3N4O3S. The van der Waals surface area contributed by atoms with Crippen molar-refractivity contribution in [3.8, 4) is 5.69 Å². The number of sulfonamides is 1. The Morgan fingerprint density at radius 2 is 1.53 bits per heavy atom. The zero-order chi connectivity index (χ0) is 32.3. The number of halogens is 3. The molecule has 0 saturated heterocycles. The van der Waals surface area contributed by atoms with Gasteiger partial charge < -0.3 is 4.57 Å². The number of aryl methyl sites for hydroxylation is 2. The molecule has 5 aromatic rings. The van der Waals surface area contributed by atoms with Gasteiger partial charge in [0.15, 0.2) is 0 Å². The van der Waals surface area contributed by atoms with Gasteiger partial charge in [0.2, 0.25) is 0 Å². The number of amides is 1. The minimum Gasteiger partial charge on any atom is -0.316 e. The summed E-state index contributed by atoms with van der Waals surface area (Å²) in [7, 11) is -3.92. The Labute approximate surface area is 277 Å². The largest absolute Gasteiger partial charge is 0.316 e. The molecule has 0 fully saturated rings. The van der Waals surface area contributed by atoms with E-state index < -0.39 is 15.9 Å². The molecule has 5 rings (SSSR count). The maximum absolute atomic E-state index is 13.8. The van der Waals surface area contributed by atoms with Crippen LogP contribution in [0.25, 0.3) is 5.69 Å². The third-order valence-corrected chi connectivity index (χ3v) is 9.87. The number of carbonyl (C=O) groups excluding carboxylic acids is 1. The number of hydrazone groups is 1. The molecule has 7 nitrogen and oxygen atoms in total. The van der Waals surface area contributed by atoms with E-state index in [4.69, 9.17) is 34.8 Å². The molecule has 0 radical (unpaired) electrons. The summed E-state index contributed by atoms with van der Waals surface area (Å²) >= 11 is 18.9. The summed E-state index contributed by atoms with van der Waals surface area (Å²) in [5, 5.41) is 5.72. The quantitative estimate of drug-likeness (QED) is 0.125. The normalized spacial score (nSPS) is 11.6. The fourth-order valence-electron chi connectivity index (χ4n) is 4.97. The van der Waals surface area contributed by atoms with E-state index in [0.29, 0.717) is 31.9 Å². The summed E-state index contributed by atoms with van der Waals surface area (Å²) in [6.45, 7) is 5.74. The van der Waals surface area contributed by atoms with E-state index in [-0.39, 0.29) is 11.4 Å². The molecule has 11 heteroatoms. The number of benzene rings is 4.